The third kappa shape index (κ3) is 2.38. The summed E-state index contributed by atoms with van der Waals surface area (Å²) < 4.78 is 4.19. The van der Waals surface area contributed by atoms with E-state index in [-0.39, 0.29) is 10.6 Å². The average molecular weight is 341 g/mol. The number of rotatable bonds is 4. The van der Waals surface area contributed by atoms with E-state index in [1.54, 1.807) is 30.5 Å². The number of nitro groups is 1. The van der Waals surface area contributed by atoms with E-state index in [1.165, 1.54) is 32.1 Å². The molecule has 1 aromatic heterocycles. The molecule has 0 radical (unpaired) electrons. The van der Waals surface area contributed by atoms with Crippen molar-refractivity contribution in [3.8, 4) is 5.88 Å². The molecular weight excluding hydrogens is 318 g/mol. The molecule has 6 nitrogen and oxygen atoms in total. The summed E-state index contributed by atoms with van der Waals surface area (Å²) in [5, 5.41) is 21.1. The predicted octanol–water partition coefficient (Wildman–Crippen LogP) is 3.95. The Morgan fingerprint density at radius 2 is 1.64 bits per heavy atom. The van der Waals surface area contributed by atoms with Crippen molar-refractivity contribution in [1.82, 2.24) is 9.36 Å². The molecule has 4 fully saturated rings. The summed E-state index contributed by atoms with van der Waals surface area (Å²) in [5.41, 5.74) is 1.13. The SMILES string of the molecule is O=[N+]([O-])c1ccc(Cn2cc(O)n2C2C3CC4CC(C3)CC2C4)cc1. The smallest absolute Gasteiger partial charge is 0.269 e. The number of benzene rings is 1. The summed E-state index contributed by atoms with van der Waals surface area (Å²) in [6.45, 7) is 0.644. The van der Waals surface area contributed by atoms with Crippen LogP contribution in [0.5, 0.6) is 5.88 Å². The summed E-state index contributed by atoms with van der Waals surface area (Å²) in [6, 6.07) is 7.13. The Kier molecular flexibility index (Phi) is 3.24. The van der Waals surface area contributed by atoms with Crippen LogP contribution in [0, 0.1) is 33.8 Å². The molecule has 0 atom stereocenters. The Morgan fingerprint density at radius 3 is 2.16 bits per heavy atom. The van der Waals surface area contributed by atoms with Crippen molar-refractivity contribution in [3.05, 3.63) is 46.1 Å². The maximum absolute atomic E-state index is 10.8. The van der Waals surface area contributed by atoms with Gasteiger partial charge in [0, 0.05) is 12.1 Å². The fourth-order valence-corrected chi connectivity index (χ4v) is 5.98. The number of nitrogens with zero attached hydrogens (tertiary/aromatic N) is 3. The van der Waals surface area contributed by atoms with Gasteiger partial charge in [-0.25, -0.2) is 4.68 Å². The molecule has 0 saturated heterocycles. The lowest BCUT2D eigenvalue weighted by Crippen LogP contribution is -2.48. The quantitative estimate of drug-likeness (QED) is 0.676. The summed E-state index contributed by atoms with van der Waals surface area (Å²) in [5.74, 6) is 3.60. The minimum Gasteiger partial charge on any atom is -0.492 e. The lowest BCUT2D eigenvalue weighted by molar-refractivity contribution is -0.384. The highest BCUT2D eigenvalue weighted by atomic mass is 16.6. The van der Waals surface area contributed by atoms with Gasteiger partial charge in [0.15, 0.2) is 0 Å². The molecule has 4 aliphatic rings. The largest absolute Gasteiger partial charge is 0.492 e. The monoisotopic (exact) mass is 341 g/mol. The second-order valence-electron chi connectivity index (χ2n) is 8.27. The van der Waals surface area contributed by atoms with Crippen LogP contribution >= 0.6 is 0 Å². The number of non-ortho nitro benzene ring substituents is 1. The Balaban J connectivity index is 1.39. The minimum atomic E-state index is -0.375. The molecule has 0 spiro atoms. The molecule has 2 aromatic rings. The van der Waals surface area contributed by atoms with E-state index < -0.39 is 0 Å². The Bertz CT molecular complexity index is 776. The van der Waals surface area contributed by atoms with Crippen molar-refractivity contribution in [1.29, 1.82) is 0 Å². The maximum Gasteiger partial charge on any atom is 0.269 e. The fraction of sp³-hybridized carbons (Fsp3) is 0.579. The van der Waals surface area contributed by atoms with Gasteiger partial charge in [0.25, 0.3) is 5.69 Å². The number of nitro benzene ring substituents is 1. The first-order valence-corrected chi connectivity index (χ1v) is 9.28. The van der Waals surface area contributed by atoms with Crippen LogP contribution in [0.25, 0.3) is 0 Å². The van der Waals surface area contributed by atoms with E-state index in [4.69, 9.17) is 0 Å². The van der Waals surface area contributed by atoms with Crippen molar-refractivity contribution >= 4 is 5.69 Å². The first-order chi connectivity index (χ1) is 12.1. The van der Waals surface area contributed by atoms with Gasteiger partial charge in [0.05, 0.1) is 23.7 Å². The molecule has 4 aliphatic carbocycles. The molecule has 6 rings (SSSR count). The van der Waals surface area contributed by atoms with Gasteiger partial charge in [-0.2, -0.15) is 0 Å². The summed E-state index contributed by atoms with van der Waals surface area (Å²) >= 11 is 0. The van der Waals surface area contributed by atoms with Gasteiger partial charge in [-0.15, -0.1) is 0 Å². The molecule has 25 heavy (non-hydrogen) atoms. The zero-order valence-corrected chi connectivity index (χ0v) is 14.1. The highest BCUT2D eigenvalue weighted by Crippen LogP contribution is 2.59. The number of hydrogen-bond donors (Lipinski definition) is 1. The topological polar surface area (TPSA) is 73.2 Å². The van der Waals surface area contributed by atoms with Crippen molar-refractivity contribution in [2.75, 3.05) is 0 Å². The van der Waals surface area contributed by atoms with E-state index in [0.717, 1.165) is 17.4 Å². The molecule has 1 N–H and O–H groups in total. The van der Waals surface area contributed by atoms with E-state index in [1.807, 2.05) is 0 Å². The molecule has 1 heterocycles. The highest BCUT2D eigenvalue weighted by Gasteiger charge is 2.50. The Hall–Kier alpha value is -2.24. The van der Waals surface area contributed by atoms with Crippen molar-refractivity contribution in [2.24, 2.45) is 23.7 Å². The second kappa shape index (κ2) is 5.38. The van der Waals surface area contributed by atoms with Crippen LogP contribution < -0.4 is 0 Å². The summed E-state index contributed by atoms with van der Waals surface area (Å²) in [6.07, 6.45) is 8.46. The lowest BCUT2D eigenvalue weighted by atomic mass is 9.54. The lowest BCUT2D eigenvalue weighted by Gasteiger charge is -2.55. The number of hydrogen-bond acceptors (Lipinski definition) is 3. The zero-order chi connectivity index (χ0) is 17.1. The van der Waals surface area contributed by atoms with Crippen LogP contribution in [-0.4, -0.2) is 19.4 Å². The van der Waals surface area contributed by atoms with Crippen LogP contribution in [0.3, 0.4) is 0 Å². The first kappa shape index (κ1) is 15.0. The van der Waals surface area contributed by atoms with Crippen molar-refractivity contribution in [3.63, 3.8) is 0 Å². The van der Waals surface area contributed by atoms with Crippen molar-refractivity contribution < 1.29 is 10.0 Å². The van der Waals surface area contributed by atoms with E-state index >= 15 is 0 Å². The number of aromatic nitrogens is 2. The van der Waals surface area contributed by atoms with Gasteiger partial charge in [-0.1, -0.05) is 12.1 Å². The summed E-state index contributed by atoms with van der Waals surface area (Å²) in [4.78, 5) is 10.4. The Labute approximate surface area is 146 Å². The van der Waals surface area contributed by atoms with E-state index in [9.17, 15) is 15.2 Å². The molecule has 4 bridgehead atoms. The van der Waals surface area contributed by atoms with Gasteiger partial charge >= 0.3 is 0 Å². The van der Waals surface area contributed by atoms with Crippen LogP contribution in [0.1, 0.15) is 43.7 Å². The van der Waals surface area contributed by atoms with Crippen LogP contribution in [-0.2, 0) is 6.54 Å². The average Bonchev–Trinajstić information content (AvgIpc) is 2.57. The van der Waals surface area contributed by atoms with Gasteiger partial charge in [0.2, 0.25) is 5.88 Å². The van der Waals surface area contributed by atoms with Crippen LogP contribution in [0.15, 0.2) is 30.5 Å². The van der Waals surface area contributed by atoms with Gasteiger partial charge in [-0.3, -0.25) is 14.8 Å². The minimum absolute atomic E-state index is 0.114. The molecular formula is C19H23N3O3. The molecule has 0 amide bonds. The first-order valence-electron chi connectivity index (χ1n) is 9.28. The second-order valence-corrected chi connectivity index (χ2v) is 8.27. The normalized spacial score (nSPS) is 33.0. The molecule has 4 saturated carbocycles. The predicted molar refractivity (Wildman–Crippen MR) is 92.4 cm³/mol. The number of aromatic hydroxyl groups is 1. The van der Waals surface area contributed by atoms with E-state index in [0.29, 0.717) is 30.3 Å². The summed E-state index contributed by atoms with van der Waals surface area (Å²) in [7, 11) is 0. The van der Waals surface area contributed by atoms with Crippen molar-refractivity contribution in [2.45, 2.75) is 44.7 Å². The molecule has 0 aliphatic heterocycles. The Morgan fingerprint density at radius 1 is 1.04 bits per heavy atom. The van der Waals surface area contributed by atoms with Gasteiger partial charge < -0.3 is 5.11 Å². The molecule has 1 aromatic carbocycles. The highest BCUT2D eigenvalue weighted by molar-refractivity contribution is 5.33. The zero-order valence-electron chi connectivity index (χ0n) is 14.1. The standard InChI is InChI=1S/C19H23N3O3/c23-18-11-20(10-12-1-3-17(4-2-12)22(24)25)21(18)19-15-6-13-5-14(8-15)9-16(19)7-13/h1-4,11,13-16,19,23H,5-10H2. The van der Waals surface area contributed by atoms with Crippen LogP contribution in [0.4, 0.5) is 5.69 Å². The molecule has 6 heteroatoms. The van der Waals surface area contributed by atoms with Crippen LogP contribution in [0.2, 0.25) is 0 Å². The third-order valence-corrected chi connectivity index (χ3v) is 6.73. The van der Waals surface area contributed by atoms with E-state index in [2.05, 4.69) is 9.36 Å². The fourth-order valence-electron chi connectivity index (χ4n) is 5.98. The third-order valence-electron chi connectivity index (χ3n) is 6.73. The van der Waals surface area contributed by atoms with Gasteiger partial charge in [0.1, 0.15) is 0 Å². The molecule has 132 valence electrons. The molecule has 0 unspecified atom stereocenters. The maximum atomic E-state index is 10.8. The van der Waals surface area contributed by atoms with Gasteiger partial charge in [-0.05, 0) is 61.3 Å².